The van der Waals surface area contributed by atoms with Crippen LogP contribution in [0.5, 0.6) is 0 Å². The summed E-state index contributed by atoms with van der Waals surface area (Å²) in [7, 11) is 0. The van der Waals surface area contributed by atoms with Crippen LogP contribution in [-0.4, -0.2) is 6.54 Å². The highest BCUT2D eigenvalue weighted by atomic mass is 32.1. The molecular weight excluding hydrogens is 142 g/mol. The first kappa shape index (κ1) is 6.38. The van der Waals surface area contributed by atoms with Crippen molar-refractivity contribution >= 4 is 11.3 Å². The molecule has 54 valence electrons. The van der Waals surface area contributed by atoms with Gasteiger partial charge >= 0.3 is 0 Å². The molecule has 0 radical (unpaired) electrons. The van der Waals surface area contributed by atoms with E-state index in [1.165, 1.54) is 11.4 Å². The minimum absolute atomic E-state index is 0.653. The fourth-order valence-electron chi connectivity index (χ4n) is 1.32. The summed E-state index contributed by atoms with van der Waals surface area (Å²) < 4.78 is 0. The zero-order valence-corrected chi connectivity index (χ0v) is 6.82. The third-order valence-corrected chi connectivity index (χ3v) is 3.03. The van der Waals surface area contributed by atoms with Crippen LogP contribution in [0.15, 0.2) is 17.5 Å². The van der Waals surface area contributed by atoms with Crippen LogP contribution in [0.4, 0.5) is 0 Å². The van der Waals surface area contributed by atoms with Crippen molar-refractivity contribution in [3.8, 4) is 0 Å². The average molecular weight is 153 g/mol. The lowest BCUT2D eigenvalue weighted by Crippen LogP contribution is -2.43. The van der Waals surface area contributed by atoms with Gasteiger partial charge in [-0.1, -0.05) is 13.0 Å². The van der Waals surface area contributed by atoms with Gasteiger partial charge in [-0.15, -0.1) is 11.3 Å². The van der Waals surface area contributed by atoms with Gasteiger partial charge in [-0.2, -0.15) is 0 Å². The zero-order chi connectivity index (χ0) is 6.97. The number of nitrogens with one attached hydrogen (secondary N) is 1. The van der Waals surface area contributed by atoms with Crippen LogP contribution in [-0.2, 0) is 0 Å². The third kappa shape index (κ3) is 0.879. The first-order chi connectivity index (χ1) is 4.88. The lowest BCUT2D eigenvalue weighted by atomic mass is 9.93. The highest BCUT2D eigenvalue weighted by molar-refractivity contribution is 7.10. The van der Waals surface area contributed by atoms with Crippen LogP contribution < -0.4 is 5.32 Å². The maximum atomic E-state index is 3.41. The molecular formula is C8H11NS. The average Bonchev–Trinajstić information content (AvgIpc) is 2.37. The van der Waals surface area contributed by atoms with Crippen molar-refractivity contribution in [1.82, 2.24) is 5.32 Å². The molecule has 0 spiro atoms. The maximum absolute atomic E-state index is 3.41. The Morgan fingerprint density at radius 3 is 3.00 bits per heavy atom. The summed E-state index contributed by atoms with van der Waals surface area (Å²) in [5.41, 5.74) is 0. The predicted molar refractivity (Wildman–Crippen MR) is 44.2 cm³/mol. The molecule has 1 nitrogen and oxygen atoms in total. The minimum atomic E-state index is 0.653. The molecule has 1 aliphatic rings. The molecule has 10 heavy (non-hydrogen) atoms. The van der Waals surface area contributed by atoms with E-state index in [0.717, 1.165) is 5.92 Å². The molecule has 1 N–H and O–H groups in total. The summed E-state index contributed by atoms with van der Waals surface area (Å²) in [5.74, 6) is 0.832. The molecule has 2 atom stereocenters. The maximum Gasteiger partial charge on any atom is 0.0453 e. The van der Waals surface area contributed by atoms with Crippen LogP contribution in [0, 0.1) is 5.92 Å². The lowest BCUT2D eigenvalue weighted by molar-refractivity contribution is 0.262. The van der Waals surface area contributed by atoms with Crippen molar-refractivity contribution in [2.24, 2.45) is 5.92 Å². The summed E-state index contributed by atoms with van der Waals surface area (Å²) in [4.78, 5) is 1.48. The van der Waals surface area contributed by atoms with Gasteiger partial charge in [-0.05, 0) is 17.4 Å². The van der Waals surface area contributed by atoms with E-state index in [0.29, 0.717) is 6.04 Å². The van der Waals surface area contributed by atoms with E-state index >= 15 is 0 Å². The first-order valence-electron chi connectivity index (χ1n) is 3.65. The highest BCUT2D eigenvalue weighted by Gasteiger charge is 2.27. The summed E-state index contributed by atoms with van der Waals surface area (Å²) in [6, 6.07) is 4.98. The van der Waals surface area contributed by atoms with E-state index in [1.807, 2.05) is 11.3 Å². The Balaban J connectivity index is 2.14. The molecule has 1 aromatic heterocycles. The standard InChI is InChI=1S/C8H11NS/c1-6-5-9-8(6)7-3-2-4-10-7/h2-4,6,8-9H,5H2,1H3/t6-,8+/m0/s1. The second-order valence-electron chi connectivity index (χ2n) is 2.88. The third-order valence-electron chi connectivity index (χ3n) is 2.08. The van der Waals surface area contributed by atoms with E-state index in [4.69, 9.17) is 0 Å². The second kappa shape index (κ2) is 2.36. The Labute approximate surface area is 65.1 Å². The molecule has 1 fully saturated rings. The Hall–Kier alpha value is -0.340. The molecule has 0 aromatic carbocycles. The Kier molecular flexibility index (Phi) is 1.51. The number of hydrogen-bond donors (Lipinski definition) is 1. The molecule has 0 aliphatic carbocycles. The van der Waals surface area contributed by atoms with Crippen LogP contribution in [0.25, 0.3) is 0 Å². The molecule has 1 aliphatic heterocycles. The fourth-order valence-corrected chi connectivity index (χ4v) is 2.25. The van der Waals surface area contributed by atoms with Crippen molar-refractivity contribution < 1.29 is 0 Å². The lowest BCUT2D eigenvalue weighted by Gasteiger charge is -2.34. The highest BCUT2D eigenvalue weighted by Crippen LogP contribution is 2.31. The fraction of sp³-hybridized carbons (Fsp3) is 0.500. The first-order valence-corrected chi connectivity index (χ1v) is 4.52. The molecule has 0 amide bonds. The second-order valence-corrected chi connectivity index (χ2v) is 3.86. The van der Waals surface area contributed by atoms with Crippen molar-refractivity contribution in [3.63, 3.8) is 0 Å². The van der Waals surface area contributed by atoms with E-state index in [9.17, 15) is 0 Å². The molecule has 1 saturated heterocycles. The van der Waals surface area contributed by atoms with Gasteiger partial charge in [0.05, 0.1) is 0 Å². The summed E-state index contributed by atoms with van der Waals surface area (Å²) >= 11 is 1.85. The number of hydrogen-bond acceptors (Lipinski definition) is 2. The van der Waals surface area contributed by atoms with Crippen molar-refractivity contribution in [3.05, 3.63) is 22.4 Å². The predicted octanol–water partition coefficient (Wildman–Crippen LogP) is 2.03. The quantitative estimate of drug-likeness (QED) is 0.651. The number of thiophene rings is 1. The number of rotatable bonds is 1. The van der Waals surface area contributed by atoms with Gasteiger partial charge in [-0.25, -0.2) is 0 Å². The molecule has 0 saturated carbocycles. The topological polar surface area (TPSA) is 12.0 Å². The van der Waals surface area contributed by atoms with Gasteiger partial charge in [-0.3, -0.25) is 0 Å². The Morgan fingerprint density at radius 1 is 1.70 bits per heavy atom. The van der Waals surface area contributed by atoms with Gasteiger partial charge in [0, 0.05) is 17.5 Å². The molecule has 2 heteroatoms. The normalized spacial score (nSPS) is 31.7. The Morgan fingerprint density at radius 2 is 2.60 bits per heavy atom. The minimum Gasteiger partial charge on any atom is -0.309 e. The van der Waals surface area contributed by atoms with Crippen LogP contribution in [0.2, 0.25) is 0 Å². The van der Waals surface area contributed by atoms with Crippen LogP contribution in [0.3, 0.4) is 0 Å². The van der Waals surface area contributed by atoms with Crippen LogP contribution in [0.1, 0.15) is 17.8 Å². The van der Waals surface area contributed by atoms with Crippen molar-refractivity contribution in [1.29, 1.82) is 0 Å². The van der Waals surface area contributed by atoms with Crippen LogP contribution >= 0.6 is 11.3 Å². The van der Waals surface area contributed by atoms with Crippen molar-refractivity contribution in [2.45, 2.75) is 13.0 Å². The molecule has 1 aromatic rings. The molecule has 2 heterocycles. The van der Waals surface area contributed by atoms with E-state index in [1.54, 1.807) is 0 Å². The van der Waals surface area contributed by atoms with Crippen molar-refractivity contribution in [2.75, 3.05) is 6.54 Å². The molecule has 0 bridgehead atoms. The Bertz CT molecular complexity index is 205. The van der Waals surface area contributed by atoms with E-state index in [-0.39, 0.29) is 0 Å². The van der Waals surface area contributed by atoms with Gasteiger partial charge < -0.3 is 5.32 Å². The molecule has 0 unspecified atom stereocenters. The van der Waals surface area contributed by atoms with Gasteiger partial charge in [0.15, 0.2) is 0 Å². The van der Waals surface area contributed by atoms with Gasteiger partial charge in [0.2, 0.25) is 0 Å². The summed E-state index contributed by atoms with van der Waals surface area (Å²) in [5, 5.41) is 5.55. The van der Waals surface area contributed by atoms with E-state index in [2.05, 4.69) is 29.8 Å². The van der Waals surface area contributed by atoms with Gasteiger partial charge in [0.1, 0.15) is 0 Å². The summed E-state index contributed by atoms with van der Waals surface area (Å²) in [6.45, 7) is 3.48. The largest absolute Gasteiger partial charge is 0.309 e. The molecule has 2 rings (SSSR count). The zero-order valence-electron chi connectivity index (χ0n) is 6.00. The monoisotopic (exact) mass is 153 g/mol. The van der Waals surface area contributed by atoms with Gasteiger partial charge in [0.25, 0.3) is 0 Å². The SMILES string of the molecule is C[C@H]1CN[C@H]1c1cccs1. The summed E-state index contributed by atoms with van der Waals surface area (Å²) in [6.07, 6.45) is 0. The smallest absolute Gasteiger partial charge is 0.0453 e. The van der Waals surface area contributed by atoms with E-state index < -0.39 is 0 Å².